The molecule has 0 saturated carbocycles. The van der Waals surface area contributed by atoms with Gasteiger partial charge in [0.05, 0.1) is 16.7 Å². The van der Waals surface area contributed by atoms with Crippen LogP contribution in [0.25, 0.3) is 106 Å². The Hall–Kier alpha value is -11.7. The van der Waals surface area contributed by atoms with E-state index in [2.05, 4.69) is 301 Å². The van der Waals surface area contributed by atoms with E-state index in [1.165, 1.54) is 44.0 Å². The highest BCUT2D eigenvalue weighted by atomic mass is 15.2. The molecule has 89 heavy (non-hydrogen) atoms. The number of nitrogens with zero attached hydrogens (tertiary/aromatic N) is 6. The first-order valence-corrected chi connectivity index (χ1v) is 30.3. The standard InChI is InChI=1S/C82H57BN6/c1-3-4-37-71-55(2)87(66-33-19-9-20-34-66)77-53-65(54-78-79(77)83(71)72-38-23-24-39-76(72)88(78)67-35-21-10-22-36-67)58-40-42-59(43-41-58)68-52-64(82-85-80(60-29-15-7-16-30-60)84-81(86-82)61-31-17-8-18-32-61)46-49-73(68)89-74-47-44-62(56-25-11-5-12-26-56)50-69(74)70-51-63(45-48-75(70)89)57-27-13-6-14-28-57/h3-54H,1H2,2H3/b37-4-. The van der Waals surface area contributed by atoms with Crippen molar-refractivity contribution in [1.82, 2.24) is 19.5 Å². The molecule has 6 nitrogen and oxygen atoms in total. The Labute approximate surface area is 518 Å². The summed E-state index contributed by atoms with van der Waals surface area (Å²) in [4.78, 5) is 20.5. The number of para-hydroxylation sites is 3. The Kier molecular flexibility index (Phi) is 13.3. The Balaban J connectivity index is 0.918. The van der Waals surface area contributed by atoms with Gasteiger partial charge in [-0.25, -0.2) is 15.0 Å². The van der Waals surface area contributed by atoms with Crippen molar-refractivity contribution in [3.8, 4) is 84.4 Å². The summed E-state index contributed by atoms with van der Waals surface area (Å²) >= 11 is 0. The first-order valence-electron chi connectivity index (χ1n) is 30.3. The lowest BCUT2D eigenvalue weighted by atomic mass is 9.33. The molecule has 0 bridgehead atoms. The third-order valence-electron chi connectivity index (χ3n) is 17.6. The van der Waals surface area contributed by atoms with E-state index < -0.39 is 0 Å². The van der Waals surface area contributed by atoms with Crippen LogP contribution in [0, 0.1) is 0 Å². The highest BCUT2D eigenvalue weighted by Gasteiger charge is 2.43. The van der Waals surface area contributed by atoms with Gasteiger partial charge in [0.15, 0.2) is 17.5 Å². The smallest absolute Gasteiger partial charge is 0.251 e. The number of aromatic nitrogens is 4. The second-order valence-corrected chi connectivity index (χ2v) is 22.8. The average molecular weight is 1140 g/mol. The van der Waals surface area contributed by atoms with Crippen LogP contribution in [0.2, 0.25) is 0 Å². The Bertz CT molecular complexity index is 4930. The topological polar surface area (TPSA) is 50.1 Å². The van der Waals surface area contributed by atoms with Crippen molar-refractivity contribution >= 4 is 67.9 Å². The van der Waals surface area contributed by atoms with Gasteiger partial charge in [0.25, 0.3) is 6.71 Å². The van der Waals surface area contributed by atoms with Crippen LogP contribution in [0.4, 0.5) is 28.4 Å². The number of allylic oxidation sites excluding steroid dienone is 5. The van der Waals surface area contributed by atoms with Crippen LogP contribution in [0.15, 0.2) is 333 Å². The summed E-state index contributed by atoms with van der Waals surface area (Å²) < 4.78 is 2.45. The van der Waals surface area contributed by atoms with E-state index in [-0.39, 0.29) is 6.71 Å². The van der Waals surface area contributed by atoms with Gasteiger partial charge in [-0.2, -0.15) is 0 Å². The molecule has 2 aromatic heterocycles. The Morgan fingerprint density at radius 1 is 0.348 bits per heavy atom. The highest BCUT2D eigenvalue weighted by molar-refractivity contribution is 6.95. The molecule has 7 heteroatoms. The molecule has 0 N–H and O–H groups in total. The third-order valence-corrected chi connectivity index (χ3v) is 17.6. The van der Waals surface area contributed by atoms with Gasteiger partial charge in [-0.1, -0.05) is 237 Å². The Morgan fingerprint density at radius 3 is 1.31 bits per heavy atom. The van der Waals surface area contributed by atoms with E-state index in [9.17, 15) is 0 Å². The number of hydrogen-bond acceptors (Lipinski definition) is 5. The van der Waals surface area contributed by atoms with Crippen molar-refractivity contribution in [2.75, 3.05) is 9.80 Å². The summed E-state index contributed by atoms with van der Waals surface area (Å²) in [6.45, 7) is 6.35. The van der Waals surface area contributed by atoms with Crippen LogP contribution in [0.3, 0.4) is 0 Å². The van der Waals surface area contributed by atoms with Crippen molar-refractivity contribution in [2.45, 2.75) is 6.92 Å². The molecule has 2 aliphatic heterocycles. The Morgan fingerprint density at radius 2 is 0.775 bits per heavy atom. The summed E-state index contributed by atoms with van der Waals surface area (Å²) in [5.41, 5.74) is 25.5. The minimum absolute atomic E-state index is 0.0259. The zero-order valence-electron chi connectivity index (χ0n) is 49.0. The van der Waals surface area contributed by atoms with Crippen LogP contribution in [-0.2, 0) is 0 Å². The van der Waals surface area contributed by atoms with Gasteiger partial charge in [0.1, 0.15) is 0 Å². The molecule has 0 radical (unpaired) electrons. The quantitative estimate of drug-likeness (QED) is 0.0901. The molecule has 0 saturated heterocycles. The zero-order chi connectivity index (χ0) is 59.4. The van der Waals surface area contributed by atoms with E-state index >= 15 is 0 Å². The van der Waals surface area contributed by atoms with Crippen molar-refractivity contribution in [3.63, 3.8) is 0 Å². The molecule has 0 aliphatic carbocycles. The number of anilines is 5. The molecule has 16 rings (SSSR count). The summed E-state index contributed by atoms with van der Waals surface area (Å²) in [6.07, 6.45) is 6.22. The van der Waals surface area contributed by atoms with E-state index in [1.54, 1.807) is 0 Å². The van der Waals surface area contributed by atoms with Gasteiger partial charge in [-0.05, 0) is 147 Å². The lowest BCUT2D eigenvalue weighted by Gasteiger charge is -2.44. The summed E-state index contributed by atoms with van der Waals surface area (Å²) in [6, 6.07) is 107. The molecular weight excluding hydrogens is 1080 g/mol. The van der Waals surface area contributed by atoms with Crippen LogP contribution in [0.5, 0.6) is 0 Å². The van der Waals surface area contributed by atoms with Gasteiger partial charge in [0, 0.05) is 67.2 Å². The van der Waals surface area contributed by atoms with Gasteiger partial charge < -0.3 is 14.4 Å². The largest absolute Gasteiger partial charge is 0.315 e. The van der Waals surface area contributed by atoms with Crippen LogP contribution in [0.1, 0.15) is 6.92 Å². The normalized spacial score (nSPS) is 12.7. The second kappa shape index (κ2) is 22.3. The number of fused-ring (bicyclic) bond motifs is 5. The van der Waals surface area contributed by atoms with Crippen molar-refractivity contribution in [1.29, 1.82) is 0 Å². The van der Waals surface area contributed by atoms with E-state index in [1.807, 2.05) is 42.5 Å². The lowest BCUT2D eigenvalue weighted by molar-refractivity contribution is 1.07. The monoisotopic (exact) mass is 1140 g/mol. The SMILES string of the molecule is C=C/C=C\C1=C(C)N(c2ccccc2)c2cc(-c3ccc(-c4cc(-c5nc(-c6ccccc6)nc(-c6ccccc6)n5)ccc4-n4c5ccc(-c6ccccc6)cc5c5cc(-c6ccccc6)ccc54)cc3)cc3c2B1c1ccccc1N3c1ccccc1. The maximum absolute atomic E-state index is 5.27. The number of rotatable bonds is 12. The molecule has 2 aliphatic rings. The molecule has 0 spiro atoms. The van der Waals surface area contributed by atoms with Crippen molar-refractivity contribution in [3.05, 3.63) is 333 Å². The minimum Gasteiger partial charge on any atom is -0.315 e. The predicted molar refractivity (Wildman–Crippen MR) is 373 cm³/mol. The molecule has 418 valence electrons. The third kappa shape index (κ3) is 9.36. The fraction of sp³-hybridized carbons (Fsp3) is 0.0122. The van der Waals surface area contributed by atoms with E-state index in [0.29, 0.717) is 17.5 Å². The zero-order valence-corrected chi connectivity index (χ0v) is 49.0. The van der Waals surface area contributed by atoms with Gasteiger partial charge in [-0.15, -0.1) is 0 Å². The maximum Gasteiger partial charge on any atom is 0.251 e. The summed E-state index contributed by atoms with van der Waals surface area (Å²) in [7, 11) is 0. The van der Waals surface area contributed by atoms with Crippen molar-refractivity contribution in [2.24, 2.45) is 0 Å². The minimum atomic E-state index is -0.0259. The molecule has 0 amide bonds. The first-order chi connectivity index (χ1) is 44.0. The lowest BCUT2D eigenvalue weighted by Crippen LogP contribution is -2.55. The van der Waals surface area contributed by atoms with Crippen LogP contribution < -0.4 is 20.7 Å². The molecule has 14 aromatic rings. The number of hydrogen-bond donors (Lipinski definition) is 0. The molecule has 12 aromatic carbocycles. The molecule has 0 unspecified atom stereocenters. The predicted octanol–water partition coefficient (Wildman–Crippen LogP) is 19.7. The molecular formula is C82H57BN6. The number of benzene rings is 12. The van der Waals surface area contributed by atoms with Crippen LogP contribution >= 0.6 is 0 Å². The first kappa shape index (κ1) is 52.9. The average Bonchev–Trinajstić information content (AvgIpc) is 1.42. The molecule has 4 heterocycles. The second-order valence-electron chi connectivity index (χ2n) is 22.8. The van der Waals surface area contributed by atoms with Gasteiger partial charge in [0.2, 0.25) is 0 Å². The van der Waals surface area contributed by atoms with Gasteiger partial charge in [-0.3, -0.25) is 0 Å². The van der Waals surface area contributed by atoms with Gasteiger partial charge >= 0.3 is 0 Å². The summed E-state index contributed by atoms with van der Waals surface area (Å²) in [5, 5.41) is 2.34. The van der Waals surface area contributed by atoms with E-state index in [0.717, 1.165) is 95.2 Å². The fourth-order valence-corrected chi connectivity index (χ4v) is 13.5. The van der Waals surface area contributed by atoms with Crippen molar-refractivity contribution < 1.29 is 0 Å². The fourth-order valence-electron chi connectivity index (χ4n) is 13.5. The molecule has 0 atom stereocenters. The van der Waals surface area contributed by atoms with E-state index in [4.69, 9.17) is 15.0 Å². The molecule has 0 fully saturated rings. The highest BCUT2D eigenvalue weighted by Crippen LogP contribution is 2.48. The maximum atomic E-state index is 5.27. The van der Waals surface area contributed by atoms with Crippen LogP contribution in [-0.4, -0.2) is 26.2 Å². The summed E-state index contributed by atoms with van der Waals surface area (Å²) in [5.74, 6) is 1.81.